The first kappa shape index (κ1) is 22.2. The van der Waals surface area contributed by atoms with Gasteiger partial charge >= 0.3 is 154 Å². The number of allylic oxidation sites excluding steroid dienone is 1. The zero-order valence-corrected chi connectivity index (χ0v) is 18.3. The number of halogens is 3. The zero-order chi connectivity index (χ0) is 19.3. The molecule has 0 aliphatic carbocycles. The van der Waals surface area contributed by atoms with Crippen LogP contribution in [-0.4, -0.2) is 56.2 Å². The van der Waals surface area contributed by atoms with Gasteiger partial charge in [-0.05, 0) is 0 Å². The number of hydrogen-bond donors (Lipinski definition) is 1. The number of nitrogens with one attached hydrogen (secondary N) is 1. The average molecular weight is 467 g/mol. The van der Waals surface area contributed by atoms with Gasteiger partial charge in [0.25, 0.3) is 0 Å². The monoisotopic (exact) mass is 467 g/mol. The van der Waals surface area contributed by atoms with Crippen LogP contribution in [0.1, 0.15) is 40.5 Å². The van der Waals surface area contributed by atoms with Gasteiger partial charge in [-0.1, -0.05) is 0 Å². The molecule has 0 bridgehead atoms. The van der Waals surface area contributed by atoms with Crippen molar-refractivity contribution >= 4 is 31.3 Å². The fourth-order valence-electron chi connectivity index (χ4n) is 2.66. The first-order valence-corrected chi connectivity index (χ1v) is 14.2. The molecule has 0 fully saturated rings. The summed E-state index contributed by atoms with van der Waals surface area (Å²) in [5.74, 6) is -1.54. The third kappa shape index (κ3) is 7.92. The third-order valence-electron chi connectivity index (χ3n) is 3.65. The molecule has 1 amide bonds. The molecular formula is C16H25F3InNO4. The number of carbonyl (C=O) groups is 2. The number of carbonyl (C=O) groups excluding carboxylic acids is 2. The molecule has 1 aliphatic heterocycles. The third-order valence-corrected chi connectivity index (χ3v) is 11.0. The molecule has 5 nitrogen and oxygen atoms in total. The molecule has 1 heterocycles. The van der Waals surface area contributed by atoms with Gasteiger partial charge < -0.3 is 0 Å². The SMILES string of the molecule is CCO[C](=O)[In]1[CH]=C(CCCNC(=O)OC(C)(C)C)C(C(F)(F)F)[CH2]1. The minimum absolute atomic E-state index is 0.0984. The van der Waals surface area contributed by atoms with Gasteiger partial charge in [0.1, 0.15) is 0 Å². The van der Waals surface area contributed by atoms with Gasteiger partial charge in [0.2, 0.25) is 0 Å². The van der Waals surface area contributed by atoms with Crippen LogP contribution in [0, 0.1) is 5.92 Å². The van der Waals surface area contributed by atoms with Crippen molar-refractivity contribution in [2.24, 2.45) is 5.92 Å². The van der Waals surface area contributed by atoms with Crippen molar-refractivity contribution < 1.29 is 32.2 Å². The second kappa shape index (κ2) is 9.19. The van der Waals surface area contributed by atoms with Crippen LogP contribution in [-0.2, 0) is 9.47 Å². The summed E-state index contributed by atoms with van der Waals surface area (Å²) in [6.07, 6.45) is -4.38. The van der Waals surface area contributed by atoms with Gasteiger partial charge in [-0.2, -0.15) is 0 Å². The molecule has 0 saturated carbocycles. The van der Waals surface area contributed by atoms with Gasteiger partial charge in [0.05, 0.1) is 0 Å². The summed E-state index contributed by atoms with van der Waals surface area (Å²) >= 11 is -3.13. The predicted octanol–water partition coefficient (Wildman–Crippen LogP) is 4.18. The van der Waals surface area contributed by atoms with Crippen molar-refractivity contribution in [3.63, 3.8) is 0 Å². The standard InChI is InChI=1S/C13H20F3NO2.C3H5O2.In/c1-9(10(2)13(14,15)16)7-6-8-17-11(18)19-12(3,4)5;1-2-5-3-4;/h1,10H,2,6-8H2,3-5H3,(H,17,18);2H2,1H3;. The summed E-state index contributed by atoms with van der Waals surface area (Å²) in [5.41, 5.74) is -0.354. The van der Waals surface area contributed by atoms with E-state index in [1.807, 2.05) is 0 Å². The van der Waals surface area contributed by atoms with E-state index in [4.69, 9.17) is 9.47 Å². The topological polar surface area (TPSA) is 64.6 Å². The van der Waals surface area contributed by atoms with Crippen LogP contribution in [0.2, 0.25) is 4.18 Å². The molecule has 0 spiro atoms. The molecule has 1 N–H and O–H groups in total. The molecule has 0 aromatic carbocycles. The van der Waals surface area contributed by atoms with Crippen LogP contribution in [0.5, 0.6) is 0 Å². The second-order valence-corrected chi connectivity index (χ2v) is 14.1. The Morgan fingerprint density at radius 2 is 1.96 bits per heavy atom. The quantitative estimate of drug-likeness (QED) is 0.596. The van der Waals surface area contributed by atoms with Crippen LogP contribution in [0.25, 0.3) is 0 Å². The van der Waals surface area contributed by atoms with Gasteiger partial charge in [0.15, 0.2) is 0 Å². The fourth-order valence-corrected chi connectivity index (χ4v) is 10.8. The van der Waals surface area contributed by atoms with E-state index in [1.54, 1.807) is 31.5 Å². The molecule has 1 rings (SSSR count). The molecule has 25 heavy (non-hydrogen) atoms. The predicted molar refractivity (Wildman–Crippen MR) is 88.7 cm³/mol. The van der Waals surface area contributed by atoms with Crippen molar-refractivity contribution in [2.45, 2.75) is 56.5 Å². The first-order chi connectivity index (χ1) is 11.4. The Bertz CT molecular complexity index is 514. The summed E-state index contributed by atoms with van der Waals surface area (Å²) in [7, 11) is 0. The maximum absolute atomic E-state index is 13.2. The molecule has 1 atom stereocenters. The van der Waals surface area contributed by atoms with E-state index in [1.165, 1.54) is 0 Å². The Labute approximate surface area is 153 Å². The van der Waals surface area contributed by atoms with Crippen molar-refractivity contribution in [1.82, 2.24) is 5.32 Å². The summed E-state index contributed by atoms with van der Waals surface area (Å²) < 4.78 is 50.7. The maximum atomic E-state index is 13.2. The van der Waals surface area contributed by atoms with Crippen LogP contribution >= 0.6 is 0 Å². The molecular weight excluding hydrogens is 442 g/mol. The van der Waals surface area contributed by atoms with E-state index < -0.39 is 49.0 Å². The van der Waals surface area contributed by atoms with Crippen molar-refractivity contribution in [2.75, 3.05) is 13.2 Å². The number of ether oxygens (including phenoxy) is 2. The zero-order valence-electron chi connectivity index (χ0n) is 15.0. The van der Waals surface area contributed by atoms with E-state index in [-0.39, 0.29) is 29.3 Å². The Morgan fingerprint density at radius 3 is 2.48 bits per heavy atom. The second-order valence-electron chi connectivity index (χ2n) is 6.96. The van der Waals surface area contributed by atoms with Crippen molar-refractivity contribution in [3.05, 3.63) is 9.41 Å². The first-order valence-electron chi connectivity index (χ1n) is 8.34. The summed E-state index contributed by atoms with van der Waals surface area (Å²) in [4.78, 5) is 23.3. The van der Waals surface area contributed by atoms with E-state index in [0.29, 0.717) is 6.42 Å². The number of alkyl halides is 3. The number of alkyl carbamates (subject to hydrolysis) is 1. The summed E-state index contributed by atoms with van der Waals surface area (Å²) in [6.45, 7) is 7.24. The average Bonchev–Trinajstić information content (AvgIpc) is 2.86. The fraction of sp³-hybridized carbons (Fsp3) is 0.750. The normalized spacial score (nSPS) is 18.0. The minimum atomic E-state index is -4.34. The number of rotatable bonds is 6. The van der Waals surface area contributed by atoms with Crippen LogP contribution in [0.4, 0.5) is 22.8 Å². The molecule has 142 valence electrons. The van der Waals surface area contributed by atoms with Gasteiger partial charge in [-0.15, -0.1) is 0 Å². The van der Waals surface area contributed by atoms with E-state index in [2.05, 4.69) is 5.32 Å². The van der Waals surface area contributed by atoms with Crippen molar-refractivity contribution in [1.29, 1.82) is 0 Å². The van der Waals surface area contributed by atoms with E-state index in [0.717, 1.165) is 0 Å². The van der Waals surface area contributed by atoms with Crippen LogP contribution in [0.3, 0.4) is 0 Å². The van der Waals surface area contributed by atoms with Gasteiger partial charge in [0, 0.05) is 0 Å². The molecule has 0 saturated heterocycles. The van der Waals surface area contributed by atoms with E-state index in [9.17, 15) is 22.8 Å². The summed E-state index contributed by atoms with van der Waals surface area (Å²) in [5, 5.41) is 2.53. The Balaban J connectivity index is 2.56. The van der Waals surface area contributed by atoms with Gasteiger partial charge in [-0.25, -0.2) is 0 Å². The van der Waals surface area contributed by atoms with Gasteiger partial charge in [-0.3, -0.25) is 0 Å². The molecule has 0 radical (unpaired) electrons. The molecule has 9 heteroatoms. The van der Waals surface area contributed by atoms with Crippen LogP contribution in [0.15, 0.2) is 9.41 Å². The number of hydrogen-bond acceptors (Lipinski definition) is 4. The Hall–Kier alpha value is -0.860. The molecule has 0 aromatic rings. The van der Waals surface area contributed by atoms with E-state index >= 15 is 0 Å². The Morgan fingerprint density at radius 1 is 1.32 bits per heavy atom. The number of amides is 1. The van der Waals surface area contributed by atoms with Crippen molar-refractivity contribution in [3.8, 4) is 0 Å². The Kier molecular flexibility index (Phi) is 8.15. The molecule has 1 unspecified atom stereocenters. The molecule has 1 aliphatic rings. The summed E-state index contributed by atoms with van der Waals surface area (Å²) in [6, 6.07) is 0. The molecule has 0 aromatic heterocycles. The van der Waals surface area contributed by atoms with Crippen LogP contribution < -0.4 is 5.32 Å².